The molecule has 23 heavy (non-hydrogen) atoms. The van der Waals surface area contributed by atoms with Crippen LogP contribution >= 0.6 is 22.9 Å². The first-order valence-corrected chi connectivity index (χ1v) is 7.92. The Labute approximate surface area is 140 Å². The number of nitrogens with one attached hydrogen (secondary N) is 1. The van der Waals surface area contributed by atoms with Crippen molar-refractivity contribution in [3.05, 3.63) is 55.7 Å². The van der Waals surface area contributed by atoms with E-state index in [1.54, 1.807) is 0 Å². The molecule has 0 bridgehead atoms. The number of carbonyl (C=O) groups excluding carboxylic acids is 1. The summed E-state index contributed by atoms with van der Waals surface area (Å²) < 4.78 is 5.14. The summed E-state index contributed by atoms with van der Waals surface area (Å²) in [5, 5.41) is 0.880. The van der Waals surface area contributed by atoms with Crippen molar-refractivity contribution in [2.75, 3.05) is 0 Å². The van der Waals surface area contributed by atoms with E-state index in [9.17, 15) is 9.59 Å². The molecule has 1 N–H and O–H groups in total. The van der Waals surface area contributed by atoms with Crippen molar-refractivity contribution >= 4 is 39.1 Å². The van der Waals surface area contributed by atoms with Gasteiger partial charge in [-0.1, -0.05) is 11.6 Å². The Hall–Kier alpha value is -2.25. The van der Waals surface area contributed by atoms with Gasteiger partial charge in [-0.05, 0) is 31.5 Å². The second kappa shape index (κ2) is 6.10. The summed E-state index contributed by atoms with van der Waals surface area (Å²) in [6.07, 6.45) is 1.33. The van der Waals surface area contributed by atoms with Gasteiger partial charge in [0.25, 0.3) is 5.56 Å². The molecule has 3 heterocycles. The molecule has 3 aromatic rings. The van der Waals surface area contributed by atoms with E-state index in [1.807, 2.05) is 13.8 Å². The van der Waals surface area contributed by atoms with Crippen LogP contribution in [0.15, 0.2) is 23.1 Å². The second-order valence-electron chi connectivity index (χ2n) is 4.92. The molecule has 0 atom stereocenters. The Morgan fingerprint density at radius 3 is 2.87 bits per heavy atom. The SMILES string of the molecule is Cc1sc2nc(COC(=O)c3ccc(Cl)nc3)[nH]c(=O)c2c1C. The van der Waals surface area contributed by atoms with E-state index in [2.05, 4.69) is 15.0 Å². The summed E-state index contributed by atoms with van der Waals surface area (Å²) in [5.41, 5.74) is 0.978. The van der Waals surface area contributed by atoms with Gasteiger partial charge in [-0.25, -0.2) is 14.8 Å². The minimum atomic E-state index is -0.560. The Morgan fingerprint density at radius 1 is 1.39 bits per heavy atom. The number of nitrogens with zero attached hydrogens (tertiary/aromatic N) is 2. The molecule has 0 amide bonds. The van der Waals surface area contributed by atoms with Crippen LogP contribution < -0.4 is 5.56 Å². The van der Waals surface area contributed by atoms with Crippen LogP contribution in [-0.2, 0) is 11.3 Å². The maximum absolute atomic E-state index is 12.1. The summed E-state index contributed by atoms with van der Waals surface area (Å²) >= 11 is 7.11. The molecule has 0 aliphatic heterocycles. The number of halogens is 1. The monoisotopic (exact) mass is 349 g/mol. The lowest BCUT2D eigenvalue weighted by molar-refractivity contribution is 0.0462. The van der Waals surface area contributed by atoms with Gasteiger partial charge in [0.05, 0.1) is 10.9 Å². The van der Waals surface area contributed by atoms with Gasteiger partial charge in [0.15, 0.2) is 0 Å². The predicted octanol–water partition coefficient (Wildman–Crippen LogP) is 3.01. The van der Waals surface area contributed by atoms with Crippen molar-refractivity contribution in [1.29, 1.82) is 0 Å². The van der Waals surface area contributed by atoms with Crippen LogP contribution in [0.1, 0.15) is 26.6 Å². The highest BCUT2D eigenvalue weighted by Crippen LogP contribution is 2.25. The van der Waals surface area contributed by atoms with Gasteiger partial charge in [0, 0.05) is 11.1 Å². The number of aromatic nitrogens is 3. The lowest BCUT2D eigenvalue weighted by Crippen LogP contribution is -2.14. The van der Waals surface area contributed by atoms with Crippen molar-refractivity contribution in [2.24, 2.45) is 0 Å². The Kier molecular flexibility index (Phi) is 4.14. The molecule has 0 aromatic carbocycles. The van der Waals surface area contributed by atoms with Crippen molar-refractivity contribution in [3.8, 4) is 0 Å². The molecular weight excluding hydrogens is 338 g/mol. The molecule has 0 saturated carbocycles. The van der Waals surface area contributed by atoms with Crippen molar-refractivity contribution < 1.29 is 9.53 Å². The van der Waals surface area contributed by atoms with Gasteiger partial charge >= 0.3 is 5.97 Å². The van der Waals surface area contributed by atoms with E-state index in [0.29, 0.717) is 21.2 Å². The predicted molar refractivity (Wildman–Crippen MR) is 88.1 cm³/mol. The number of hydrogen-bond donors (Lipinski definition) is 1. The normalized spacial score (nSPS) is 10.9. The first kappa shape index (κ1) is 15.6. The number of aryl methyl sites for hydroxylation is 2. The highest BCUT2D eigenvalue weighted by atomic mass is 35.5. The maximum Gasteiger partial charge on any atom is 0.340 e. The minimum absolute atomic E-state index is 0.122. The average Bonchev–Trinajstić information content (AvgIpc) is 2.80. The standard InChI is InChI=1S/C15H12ClN3O3S/c1-7-8(2)23-14-12(7)13(20)18-11(19-14)6-22-15(21)9-3-4-10(16)17-5-9/h3-5H,6H2,1-2H3,(H,18,19,20). The average molecular weight is 350 g/mol. The zero-order chi connectivity index (χ0) is 16.6. The first-order valence-electron chi connectivity index (χ1n) is 6.73. The molecule has 0 spiro atoms. The largest absolute Gasteiger partial charge is 0.454 e. The number of pyridine rings is 1. The van der Waals surface area contributed by atoms with Crippen LogP contribution in [0.3, 0.4) is 0 Å². The molecule has 0 saturated heterocycles. The molecule has 118 valence electrons. The van der Waals surface area contributed by atoms with E-state index in [-0.39, 0.29) is 17.7 Å². The summed E-state index contributed by atoms with van der Waals surface area (Å²) in [7, 11) is 0. The number of fused-ring (bicyclic) bond motifs is 1. The van der Waals surface area contributed by atoms with Gasteiger partial charge in [0.1, 0.15) is 22.4 Å². The van der Waals surface area contributed by atoms with Crippen LogP contribution in [0.2, 0.25) is 5.15 Å². The number of hydrogen-bond acceptors (Lipinski definition) is 6. The van der Waals surface area contributed by atoms with Gasteiger partial charge in [-0.15, -0.1) is 11.3 Å². The van der Waals surface area contributed by atoms with E-state index >= 15 is 0 Å². The van der Waals surface area contributed by atoms with Crippen LogP contribution in [0.4, 0.5) is 0 Å². The maximum atomic E-state index is 12.1. The van der Waals surface area contributed by atoms with E-state index < -0.39 is 5.97 Å². The number of carbonyl (C=O) groups is 1. The third kappa shape index (κ3) is 3.11. The number of thiophene rings is 1. The highest BCUT2D eigenvalue weighted by molar-refractivity contribution is 7.18. The van der Waals surface area contributed by atoms with Crippen LogP contribution in [0.5, 0.6) is 0 Å². The summed E-state index contributed by atoms with van der Waals surface area (Å²) in [4.78, 5) is 36.5. The Morgan fingerprint density at radius 2 is 2.17 bits per heavy atom. The number of esters is 1. The Bertz CT molecular complexity index is 947. The molecule has 8 heteroatoms. The van der Waals surface area contributed by atoms with Gasteiger partial charge in [-0.3, -0.25) is 4.79 Å². The molecular formula is C15H12ClN3O3S. The third-order valence-electron chi connectivity index (χ3n) is 3.39. The lowest BCUT2D eigenvalue weighted by Gasteiger charge is -2.04. The van der Waals surface area contributed by atoms with Crippen molar-refractivity contribution in [1.82, 2.24) is 15.0 Å². The zero-order valence-corrected chi connectivity index (χ0v) is 13.9. The third-order valence-corrected chi connectivity index (χ3v) is 4.72. The number of ether oxygens (including phenoxy) is 1. The summed E-state index contributed by atoms with van der Waals surface area (Å²) in [6, 6.07) is 3.02. The smallest absolute Gasteiger partial charge is 0.340 e. The number of aromatic amines is 1. The zero-order valence-electron chi connectivity index (χ0n) is 12.3. The second-order valence-corrected chi connectivity index (χ2v) is 6.51. The first-order chi connectivity index (χ1) is 11.0. The molecule has 3 aromatic heterocycles. The van der Waals surface area contributed by atoms with E-state index in [1.165, 1.54) is 29.7 Å². The number of H-pyrrole nitrogens is 1. The molecule has 0 unspecified atom stereocenters. The summed E-state index contributed by atoms with van der Waals surface area (Å²) in [6.45, 7) is 3.70. The quantitative estimate of drug-likeness (QED) is 0.580. The highest BCUT2D eigenvalue weighted by Gasteiger charge is 2.13. The van der Waals surface area contributed by atoms with Gasteiger partial charge in [-0.2, -0.15) is 0 Å². The molecule has 0 fully saturated rings. The molecule has 3 rings (SSSR count). The lowest BCUT2D eigenvalue weighted by atomic mass is 10.2. The fourth-order valence-corrected chi connectivity index (χ4v) is 3.24. The Balaban J connectivity index is 1.81. The molecule has 6 nitrogen and oxygen atoms in total. The molecule has 0 aliphatic rings. The minimum Gasteiger partial charge on any atom is -0.454 e. The van der Waals surface area contributed by atoms with Gasteiger partial charge in [0.2, 0.25) is 0 Å². The van der Waals surface area contributed by atoms with Crippen molar-refractivity contribution in [3.63, 3.8) is 0 Å². The van der Waals surface area contributed by atoms with Crippen LogP contribution in [0, 0.1) is 13.8 Å². The fourth-order valence-electron chi connectivity index (χ4n) is 2.08. The topological polar surface area (TPSA) is 84.9 Å². The number of rotatable bonds is 3. The van der Waals surface area contributed by atoms with E-state index in [4.69, 9.17) is 16.3 Å². The van der Waals surface area contributed by atoms with Crippen LogP contribution in [-0.4, -0.2) is 20.9 Å². The van der Waals surface area contributed by atoms with Gasteiger partial charge < -0.3 is 9.72 Å². The fraction of sp³-hybridized carbons (Fsp3) is 0.200. The molecule has 0 radical (unpaired) electrons. The summed E-state index contributed by atoms with van der Waals surface area (Å²) in [5.74, 6) is -0.255. The van der Waals surface area contributed by atoms with E-state index in [0.717, 1.165) is 10.4 Å². The van der Waals surface area contributed by atoms with Crippen LogP contribution in [0.25, 0.3) is 10.2 Å². The molecule has 0 aliphatic carbocycles. The van der Waals surface area contributed by atoms with Crippen molar-refractivity contribution in [2.45, 2.75) is 20.5 Å².